The Labute approximate surface area is 92.0 Å². The molecule has 0 aromatic rings. The molecule has 0 rings (SSSR count). The summed E-state index contributed by atoms with van der Waals surface area (Å²) in [6, 6.07) is 0.485. The molecule has 0 aliphatic rings. The second kappa shape index (κ2) is 7.40. The van der Waals surface area contributed by atoms with Crippen LogP contribution in [0.4, 0.5) is 0 Å². The van der Waals surface area contributed by atoms with E-state index in [4.69, 9.17) is 0 Å². The third-order valence-electron chi connectivity index (χ3n) is 2.37. The molecule has 0 radical (unpaired) electrons. The Balaban J connectivity index is 3.51. The summed E-state index contributed by atoms with van der Waals surface area (Å²) in [6.45, 7) is 7.20. The summed E-state index contributed by atoms with van der Waals surface area (Å²) in [5.74, 6) is 0.0202. The van der Waals surface area contributed by atoms with E-state index in [1.165, 1.54) is 6.92 Å². The van der Waals surface area contributed by atoms with Gasteiger partial charge in [0.25, 0.3) is 0 Å². The molecule has 0 aliphatic carbocycles. The Kier molecular flexibility index (Phi) is 6.96. The van der Waals surface area contributed by atoms with Gasteiger partial charge >= 0.3 is 0 Å². The fourth-order valence-corrected chi connectivity index (χ4v) is 1.01. The zero-order chi connectivity index (χ0) is 11.8. The van der Waals surface area contributed by atoms with E-state index in [0.717, 1.165) is 6.54 Å². The van der Waals surface area contributed by atoms with Crippen molar-refractivity contribution in [1.82, 2.24) is 10.2 Å². The molecule has 0 atom stereocenters. The predicted octanol–water partition coefficient (Wildman–Crippen LogP) is 0.812. The van der Waals surface area contributed by atoms with E-state index >= 15 is 0 Å². The molecule has 0 aliphatic heterocycles. The van der Waals surface area contributed by atoms with Crippen molar-refractivity contribution in [2.24, 2.45) is 0 Å². The summed E-state index contributed by atoms with van der Waals surface area (Å²) in [5, 5.41) is 2.79. The van der Waals surface area contributed by atoms with Gasteiger partial charge in [0.05, 0.1) is 0 Å². The van der Waals surface area contributed by atoms with Crippen LogP contribution in [0.25, 0.3) is 0 Å². The Morgan fingerprint density at radius 2 is 1.87 bits per heavy atom. The van der Waals surface area contributed by atoms with Gasteiger partial charge in [-0.15, -0.1) is 0 Å². The molecule has 0 saturated carbocycles. The number of nitrogens with one attached hydrogen (secondary N) is 1. The molecule has 88 valence electrons. The Hall–Kier alpha value is -0.900. The number of carbonyl (C=O) groups is 2. The second-order valence-corrected chi connectivity index (χ2v) is 4.13. The summed E-state index contributed by atoms with van der Waals surface area (Å²) < 4.78 is 0. The SMILES string of the molecule is CC(=O)CCC(=O)NCCN(C)C(C)C. The Bertz CT molecular complexity index is 215. The second-order valence-electron chi connectivity index (χ2n) is 4.13. The smallest absolute Gasteiger partial charge is 0.220 e. The van der Waals surface area contributed by atoms with Crippen LogP contribution in [0.1, 0.15) is 33.6 Å². The minimum Gasteiger partial charge on any atom is -0.355 e. The normalized spacial score (nSPS) is 10.8. The van der Waals surface area contributed by atoms with Crippen LogP contribution < -0.4 is 5.32 Å². The van der Waals surface area contributed by atoms with Crippen molar-refractivity contribution in [1.29, 1.82) is 0 Å². The van der Waals surface area contributed by atoms with E-state index in [9.17, 15) is 9.59 Å². The van der Waals surface area contributed by atoms with Crippen molar-refractivity contribution in [3.05, 3.63) is 0 Å². The zero-order valence-corrected chi connectivity index (χ0v) is 10.2. The number of likely N-dealkylation sites (N-methyl/N-ethyl adjacent to an activating group) is 1. The molecule has 0 saturated heterocycles. The van der Waals surface area contributed by atoms with Crippen molar-refractivity contribution >= 4 is 11.7 Å². The van der Waals surface area contributed by atoms with Gasteiger partial charge in [0.15, 0.2) is 0 Å². The zero-order valence-electron chi connectivity index (χ0n) is 10.2. The predicted molar refractivity (Wildman–Crippen MR) is 60.7 cm³/mol. The maximum atomic E-state index is 11.2. The summed E-state index contributed by atoms with van der Waals surface area (Å²) in [5.41, 5.74) is 0. The van der Waals surface area contributed by atoms with Gasteiger partial charge in [-0.05, 0) is 27.8 Å². The molecule has 4 heteroatoms. The minimum absolute atomic E-state index is 0.0395. The quantitative estimate of drug-likeness (QED) is 0.682. The fourth-order valence-electron chi connectivity index (χ4n) is 1.01. The van der Waals surface area contributed by atoms with Crippen molar-refractivity contribution in [3.8, 4) is 0 Å². The van der Waals surface area contributed by atoms with Crippen LogP contribution in [0, 0.1) is 0 Å². The highest BCUT2D eigenvalue weighted by atomic mass is 16.2. The van der Waals surface area contributed by atoms with Crippen LogP contribution in [-0.4, -0.2) is 42.8 Å². The van der Waals surface area contributed by atoms with Gasteiger partial charge < -0.3 is 15.0 Å². The molecule has 15 heavy (non-hydrogen) atoms. The number of hydrogen-bond donors (Lipinski definition) is 1. The summed E-state index contributed by atoms with van der Waals surface area (Å²) in [6.07, 6.45) is 0.645. The highest BCUT2D eigenvalue weighted by Gasteiger charge is 2.05. The first-order valence-corrected chi connectivity index (χ1v) is 5.40. The minimum atomic E-state index is -0.0395. The Morgan fingerprint density at radius 3 is 2.33 bits per heavy atom. The van der Waals surface area contributed by atoms with E-state index in [-0.39, 0.29) is 11.7 Å². The molecule has 0 heterocycles. The highest BCUT2D eigenvalue weighted by molar-refractivity contribution is 5.83. The molecule has 4 nitrogen and oxygen atoms in total. The average molecular weight is 214 g/mol. The first-order chi connectivity index (χ1) is 6.93. The summed E-state index contributed by atoms with van der Waals surface area (Å²) in [7, 11) is 2.02. The molecule has 0 spiro atoms. The number of ketones is 1. The number of nitrogens with zero attached hydrogens (tertiary/aromatic N) is 1. The van der Waals surface area contributed by atoms with Crippen LogP contribution in [0.2, 0.25) is 0 Å². The van der Waals surface area contributed by atoms with Gasteiger partial charge in [-0.2, -0.15) is 0 Å². The molecule has 1 amide bonds. The average Bonchev–Trinajstić information content (AvgIpc) is 2.14. The van der Waals surface area contributed by atoms with Crippen LogP contribution in [0.3, 0.4) is 0 Å². The third-order valence-corrected chi connectivity index (χ3v) is 2.37. The van der Waals surface area contributed by atoms with E-state index in [1.807, 2.05) is 7.05 Å². The van der Waals surface area contributed by atoms with Crippen molar-refractivity contribution in [2.75, 3.05) is 20.1 Å². The van der Waals surface area contributed by atoms with Crippen molar-refractivity contribution in [2.45, 2.75) is 39.7 Å². The van der Waals surface area contributed by atoms with Gasteiger partial charge in [0.2, 0.25) is 5.91 Å². The summed E-state index contributed by atoms with van der Waals surface area (Å²) in [4.78, 5) is 24.0. The number of carbonyl (C=O) groups excluding carboxylic acids is 2. The summed E-state index contributed by atoms with van der Waals surface area (Å²) >= 11 is 0. The largest absolute Gasteiger partial charge is 0.355 e. The molecular weight excluding hydrogens is 192 g/mol. The lowest BCUT2D eigenvalue weighted by atomic mass is 10.2. The van der Waals surface area contributed by atoms with Crippen molar-refractivity contribution in [3.63, 3.8) is 0 Å². The molecule has 0 unspecified atom stereocenters. The monoisotopic (exact) mass is 214 g/mol. The van der Waals surface area contributed by atoms with Crippen LogP contribution in [-0.2, 0) is 9.59 Å². The van der Waals surface area contributed by atoms with E-state index in [0.29, 0.717) is 25.4 Å². The van der Waals surface area contributed by atoms with Crippen LogP contribution >= 0.6 is 0 Å². The van der Waals surface area contributed by atoms with E-state index in [1.54, 1.807) is 0 Å². The maximum absolute atomic E-state index is 11.2. The van der Waals surface area contributed by atoms with Crippen LogP contribution in [0.15, 0.2) is 0 Å². The third kappa shape index (κ3) is 8.12. The lowest BCUT2D eigenvalue weighted by molar-refractivity contribution is -0.124. The number of Topliss-reactive ketones (excluding diaryl/α,β-unsaturated/α-hetero) is 1. The lowest BCUT2D eigenvalue weighted by Gasteiger charge is -2.20. The number of amides is 1. The first-order valence-electron chi connectivity index (χ1n) is 5.40. The fraction of sp³-hybridized carbons (Fsp3) is 0.818. The first kappa shape index (κ1) is 14.1. The molecule has 0 fully saturated rings. The molecule has 0 bridgehead atoms. The van der Waals surface area contributed by atoms with Gasteiger partial charge in [-0.25, -0.2) is 0 Å². The molecule has 1 N–H and O–H groups in total. The van der Waals surface area contributed by atoms with Crippen molar-refractivity contribution < 1.29 is 9.59 Å². The maximum Gasteiger partial charge on any atom is 0.220 e. The highest BCUT2D eigenvalue weighted by Crippen LogP contribution is 1.92. The van der Waals surface area contributed by atoms with E-state index < -0.39 is 0 Å². The Morgan fingerprint density at radius 1 is 1.27 bits per heavy atom. The van der Waals surface area contributed by atoms with Gasteiger partial charge in [0.1, 0.15) is 5.78 Å². The van der Waals surface area contributed by atoms with Gasteiger partial charge in [-0.3, -0.25) is 4.79 Å². The van der Waals surface area contributed by atoms with E-state index in [2.05, 4.69) is 24.1 Å². The number of hydrogen-bond acceptors (Lipinski definition) is 3. The van der Waals surface area contributed by atoms with Crippen LogP contribution in [0.5, 0.6) is 0 Å². The topological polar surface area (TPSA) is 49.4 Å². The molecular formula is C11H22N2O2. The standard InChI is InChI=1S/C11H22N2O2/c1-9(2)13(4)8-7-12-11(15)6-5-10(3)14/h9H,5-8H2,1-4H3,(H,12,15). The molecule has 0 aromatic heterocycles. The molecule has 0 aromatic carbocycles. The van der Waals surface area contributed by atoms with Gasteiger partial charge in [-0.1, -0.05) is 0 Å². The number of rotatable bonds is 7. The lowest BCUT2D eigenvalue weighted by Crippen LogP contribution is -2.36. The van der Waals surface area contributed by atoms with Gasteiger partial charge in [0, 0.05) is 32.0 Å².